The monoisotopic (exact) mass is 393 g/mol. The molecule has 0 saturated carbocycles. The van der Waals surface area contributed by atoms with Gasteiger partial charge in [-0.1, -0.05) is 45.4 Å². The van der Waals surface area contributed by atoms with Crippen LogP contribution in [0.15, 0.2) is 41.4 Å². The minimum absolute atomic E-state index is 0.193. The van der Waals surface area contributed by atoms with Crippen LogP contribution in [0, 0.1) is 0 Å². The summed E-state index contributed by atoms with van der Waals surface area (Å²) in [4.78, 5) is 18.8. The Labute approximate surface area is 162 Å². The lowest BCUT2D eigenvalue weighted by Crippen LogP contribution is -2.41. The van der Waals surface area contributed by atoms with E-state index in [1.54, 1.807) is 12.1 Å². The minimum Gasteiger partial charge on any atom is -0.301 e. The molecule has 142 valence electrons. The molecule has 2 atom stereocenters. The summed E-state index contributed by atoms with van der Waals surface area (Å²) < 4.78 is 15.4. The molecule has 0 bridgehead atoms. The van der Waals surface area contributed by atoms with Gasteiger partial charge in [0, 0.05) is 11.1 Å². The second-order valence-corrected chi connectivity index (χ2v) is 8.42. The molecule has 5 nitrogen and oxygen atoms in total. The fraction of sp³-hybridized carbons (Fsp3) is 0.474. The maximum atomic E-state index is 12.6. The van der Waals surface area contributed by atoms with Crippen LogP contribution in [0.25, 0.3) is 0 Å². The maximum Gasteiger partial charge on any atom is 0.244 e. The van der Waals surface area contributed by atoms with Crippen molar-refractivity contribution in [3.8, 4) is 0 Å². The first-order valence-corrected chi connectivity index (χ1v) is 11.0. The van der Waals surface area contributed by atoms with Crippen molar-refractivity contribution in [2.24, 2.45) is 0 Å². The Morgan fingerprint density at radius 1 is 1.19 bits per heavy atom. The average Bonchev–Trinajstić information content (AvgIpc) is 3.11. The molecule has 1 heterocycles. The Morgan fingerprint density at radius 2 is 1.88 bits per heavy atom. The van der Waals surface area contributed by atoms with Gasteiger partial charge in [-0.05, 0) is 37.3 Å². The highest BCUT2D eigenvalue weighted by Gasteiger charge is 2.22. The molecule has 7 heteroatoms. The van der Waals surface area contributed by atoms with E-state index in [4.69, 9.17) is 0 Å². The second kappa shape index (κ2) is 10.5. The van der Waals surface area contributed by atoms with E-state index >= 15 is 0 Å². The lowest BCUT2D eigenvalue weighted by Gasteiger charge is -2.16. The molecular weight excluding hydrogens is 366 g/mol. The van der Waals surface area contributed by atoms with Crippen molar-refractivity contribution >= 4 is 33.4 Å². The van der Waals surface area contributed by atoms with Crippen LogP contribution < -0.4 is 10.0 Å². The number of carbonyl (C=O) groups is 1. The van der Waals surface area contributed by atoms with Crippen LogP contribution in [0.4, 0.5) is 5.13 Å². The molecule has 2 aromatic rings. The fourth-order valence-electron chi connectivity index (χ4n) is 2.69. The molecular formula is C19H27N3O2S2. The van der Waals surface area contributed by atoms with E-state index in [1.807, 2.05) is 31.3 Å². The number of rotatable bonds is 10. The number of nitrogens with zero attached hydrogens (tertiary/aromatic N) is 1. The normalized spacial score (nSPS) is 13.5. The summed E-state index contributed by atoms with van der Waals surface area (Å²) in [5.74, 6) is 0.287. The number of anilines is 1. The van der Waals surface area contributed by atoms with Gasteiger partial charge in [0.25, 0.3) is 0 Å². The summed E-state index contributed by atoms with van der Waals surface area (Å²) in [6.45, 7) is 6.32. The van der Waals surface area contributed by atoms with Gasteiger partial charge in [0.1, 0.15) is 11.0 Å². The summed E-state index contributed by atoms with van der Waals surface area (Å²) >= 11 is 1.52. The molecule has 1 aromatic carbocycles. The highest BCUT2D eigenvalue weighted by Crippen LogP contribution is 2.30. The van der Waals surface area contributed by atoms with Crippen LogP contribution >= 0.6 is 11.3 Å². The average molecular weight is 394 g/mol. The molecule has 2 N–H and O–H groups in total. The van der Waals surface area contributed by atoms with Crippen molar-refractivity contribution in [3.05, 3.63) is 41.4 Å². The van der Waals surface area contributed by atoms with E-state index in [0.717, 1.165) is 19.3 Å². The Balaban J connectivity index is 2.03. The highest BCUT2D eigenvalue weighted by molar-refractivity contribution is 7.83. The molecule has 1 aromatic heterocycles. The van der Waals surface area contributed by atoms with E-state index < -0.39 is 17.0 Å². The molecule has 0 fully saturated rings. The number of nitrogens with one attached hydrogen (secondary N) is 2. The standard InChI is InChI=1S/C19H27N3O2S2/c1-4-10-16(22-26(24)15-11-8-7-9-12-15)18(23)21-19-20-13-17(25-19)14(5-2)6-3/h7-9,11-14,16,22H,4-6,10H2,1-3H3,(H,20,21,23). The van der Waals surface area contributed by atoms with E-state index in [9.17, 15) is 9.00 Å². The molecule has 0 saturated heterocycles. The van der Waals surface area contributed by atoms with Gasteiger partial charge in [-0.2, -0.15) is 0 Å². The summed E-state index contributed by atoms with van der Waals surface area (Å²) in [7, 11) is -1.43. The third-order valence-electron chi connectivity index (χ3n) is 4.24. The van der Waals surface area contributed by atoms with Gasteiger partial charge in [0.15, 0.2) is 5.13 Å². The SMILES string of the molecule is CCCC(NS(=O)c1ccccc1)C(=O)Nc1ncc(C(CC)CC)s1. The molecule has 0 aliphatic rings. The van der Waals surface area contributed by atoms with Crippen molar-refractivity contribution in [1.29, 1.82) is 0 Å². The first-order chi connectivity index (χ1) is 12.6. The summed E-state index contributed by atoms with van der Waals surface area (Å²) in [5, 5.41) is 3.48. The van der Waals surface area contributed by atoms with E-state index in [2.05, 4.69) is 28.9 Å². The topological polar surface area (TPSA) is 71.1 Å². The van der Waals surface area contributed by atoms with Gasteiger partial charge in [-0.25, -0.2) is 13.9 Å². The zero-order valence-electron chi connectivity index (χ0n) is 15.5. The van der Waals surface area contributed by atoms with Crippen LogP contribution in [0.3, 0.4) is 0 Å². The van der Waals surface area contributed by atoms with E-state index in [-0.39, 0.29) is 5.91 Å². The van der Waals surface area contributed by atoms with Crippen LogP contribution in [-0.2, 0) is 15.8 Å². The quantitative estimate of drug-likeness (QED) is 0.626. The van der Waals surface area contributed by atoms with E-state index in [0.29, 0.717) is 22.4 Å². The molecule has 0 aliphatic heterocycles. The van der Waals surface area contributed by atoms with E-state index in [1.165, 1.54) is 16.2 Å². The molecule has 0 spiro atoms. The third kappa shape index (κ3) is 5.72. The Kier molecular flexibility index (Phi) is 8.41. The Hall–Kier alpha value is -1.57. The number of aromatic nitrogens is 1. The largest absolute Gasteiger partial charge is 0.301 e. The molecule has 2 unspecified atom stereocenters. The Bertz CT molecular complexity index is 715. The minimum atomic E-state index is -1.43. The molecule has 26 heavy (non-hydrogen) atoms. The third-order valence-corrected chi connectivity index (χ3v) is 6.52. The van der Waals surface area contributed by atoms with Crippen LogP contribution in [0.5, 0.6) is 0 Å². The molecule has 2 rings (SSSR count). The van der Waals surface area contributed by atoms with Crippen LogP contribution in [0.1, 0.15) is 57.2 Å². The zero-order valence-corrected chi connectivity index (χ0v) is 17.2. The van der Waals surface area contributed by atoms with Gasteiger partial charge >= 0.3 is 0 Å². The predicted molar refractivity (Wildman–Crippen MR) is 109 cm³/mol. The van der Waals surface area contributed by atoms with Gasteiger partial charge < -0.3 is 5.32 Å². The molecule has 0 aliphatic carbocycles. The lowest BCUT2D eigenvalue weighted by atomic mass is 10.0. The van der Waals surface area contributed by atoms with Crippen molar-refractivity contribution in [2.75, 3.05) is 5.32 Å². The smallest absolute Gasteiger partial charge is 0.244 e. The lowest BCUT2D eigenvalue weighted by molar-refractivity contribution is -0.117. The van der Waals surface area contributed by atoms with Crippen molar-refractivity contribution < 1.29 is 9.00 Å². The highest BCUT2D eigenvalue weighted by atomic mass is 32.2. The van der Waals surface area contributed by atoms with Gasteiger partial charge in [-0.15, -0.1) is 11.3 Å². The van der Waals surface area contributed by atoms with Crippen LogP contribution in [0.2, 0.25) is 0 Å². The van der Waals surface area contributed by atoms with Crippen LogP contribution in [-0.4, -0.2) is 21.1 Å². The van der Waals surface area contributed by atoms with Gasteiger partial charge in [-0.3, -0.25) is 4.79 Å². The van der Waals surface area contributed by atoms with Crippen molar-refractivity contribution in [1.82, 2.24) is 9.71 Å². The molecule has 1 amide bonds. The van der Waals surface area contributed by atoms with Gasteiger partial charge in [0.05, 0.1) is 10.9 Å². The van der Waals surface area contributed by atoms with Gasteiger partial charge in [0.2, 0.25) is 5.91 Å². The number of carbonyl (C=O) groups excluding carboxylic acids is 1. The summed E-state index contributed by atoms with van der Waals surface area (Å²) in [6, 6.07) is 8.58. The summed E-state index contributed by atoms with van der Waals surface area (Å²) in [5.41, 5.74) is 0. The number of amides is 1. The number of hydrogen-bond acceptors (Lipinski definition) is 4. The second-order valence-electron chi connectivity index (χ2n) is 6.11. The number of thiazole rings is 1. The number of hydrogen-bond donors (Lipinski definition) is 2. The van der Waals surface area contributed by atoms with Crippen molar-refractivity contribution in [2.45, 2.75) is 63.3 Å². The van der Waals surface area contributed by atoms with Crippen molar-refractivity contribution in [3.63, 3.8) is 0 Å². The molecule has 0 radical (unpaired) electrons. The summed E-state index contributed by atoms with van der Waals surface area (Å²) in [6.07, 6.45) is 5.38. The predicted octanol–water partition coefficient (Wildman–Crippen LogP) is 4.47. The number of benzene rings is 1. The zero-order chi connectivity index (χ0) is 18.9. The maximum absolute atomic E-state index is 12.6. The first kappa shape index (κ1) is 20.7. The fourth-order valence-corrected chi connectivity index (χ4v) is 4.80. The Morgan fingerprint density at radius 3 is 2.50 bits per heavy atom. The first-order valence-electron chi connectivity index (χ1n) is 9.08.